The second-order valence-corrected chi connectivity index (χ2v) is 11.8. The number of carbonyl (C=O) groups is 2. The Labute approximate surface area is 241 Å². The summed E-state index contributed by atoms with van der Waals surface area (Å²) < 4.78 is 34.1. The molecule has 214 valence electrons. The topological polar surface area (TPSA) is 96.0 Å². The van der Waals surface area contributed by atoms with Crippen LogP contribution in [0.1, 0.15) is 37.8 Å². The van der Waals surface area contributed by atoms with Gasteiger partial charge in [0.2, 0.25) is 11.8 Å². The first-order valence-corrected chi connectivity index (χ1v) is 14.9. The molecule has 10 heteroatoms. The number of nitrogens with zero attached hydrogens (tertiary/aromatic N) is 2. The van der Waals surface area contributed by atoms with Gasteiger partial charge in [-0.15, -0.1) is 0 Å². The van der Waals surface area contributed by atoms with E-state index < -0.39 is 28.5 Å². The smallest absolute Gasteiger partial charge is 0.264 e. The van der Waals surface area contributed by atoms with Crippen LogP contribution < -0.4 is 14.4 Å². The summed E-state index contributed by atoms with van der Waals surface area (Å²) in [7, 11) is -2.61. The fourth-order valence-corrected chi connectivity index (χ4v) is 5.66. The van der Waals surface area contributed by atoms with Crippen LogP contribution in [0.4, 0.5) is 5.69 Å². The predicted octanol–water partition coefficient (Wildman–Crippen LogP) is 5.19. The standard InChI is InChI=1S/C30H36ClN3O5S/c1-5-6-17-32-30(36)23(3)33(20-24-10-8-12-27(19-24)39-4)29(35)21-34(26-11-7-9-22(2)18-26)40(37,38)28-15-13-25(31)14-16-28/h7-16,18-19,23H,5-6,17,20-21H2,1-4H3,(H,32,36)/t23-/m0/s1. The molecule has 0 aliphatic rings. The van der Waals surface area contributed by atoms with Crippen LogP contribution >= 0.6 is 11.6 Å². The van der Waals surface area contributed by atoms with E-state index in [0.29, 0.717) is 23.0 Å². The molecule has 0 radical (unpaired) electrons. The van der Waals surface area contributed by atoms with E-state index in [1.165, 1.54) is 29.2 Å². The summed E-state index contributed by atoms with van der Waals surface area (Å²) in [6.07, 6.45) is 1.72. The van der Waals surface area contributed by atoms with Gasteiger partial charge in [-0.2, -0.15) is 0 Å². The lowest BCUT2D eigenvalue weighted by molar-refractivity contribution is -0.139. The molecule has 3 aromatic rings. The maximum absolute atomic E-state index is 14.0. The Hall–Kier alpha value is -3.56. The van der Waals surface area contributed by atoms with Crippen LogP contribution in [0.3, 0.4) is 0 Å². The number of rotatable bonds is 13. The Morgan fingerprint density at radius 3 is 2.38 bits per heavy atom. The minimum Gasteiger partial charge on any atom is -0.497 e. The molecule has 40 heavy (non-hydrogen) atoms. The highest BCUT2D eigenvalue weighted by Gasteiger charge is 2.32. The van der Waals surface area contributed by atoms with Crippen molar-refractivity contribution in [3.63, 3.8) is 0 Å². The average Bonchev–Trinajstić information content (AvgIpc) is 2.94. The molecule has 0 aliphatic heterocycles. The Bertz CT molecular complexity index is 1410. The molecule has 0 saturated carbocycles. The average molecular weight is 586 g/mol. The van der Waals surface area contributed by atoms with E-state index in [1.807, 2.05) is 26.0 Å². The second-order valence-electron chi connectivity index (χ2n) is 9.50. The molecule has 1 atom stereocenters. The summed E-state index contributed by atoms with van der Waals surface area (Å²) >= 11 is 6.00. The molecule has 0 heterocycles. The summed E-state index contributed by atoms with van der Waals surface area (Å²) in [4.78, 5) is 28.4. The van der Waals surface area contributed by atoms with Crippen molar-refractivity contribution in [1.29, 1.82) is 0 Å². The molecule has 0 saturated heterocycles. The number of sulfonamides is 1. The van der Waals surface area contributed by atoms with Gasteiger partial charge in [0.1, 0.15) is 18.3 Å². The Morgan fingerprint density at radius 1 is 1.02 bits per heavy atom. The molecule has 0 aromatic heterocycles. The van der Waals surface area contributed by atoms with Gasteiger partial charge in [0.25, 0.3) is 10.0 Å². The third-order valence-electron chi connectivity index (χ3n) is 6.45. The number of hydrogen-bond acceptors (Lipinski definition) is 5. The van der Waals surface area contributed by atoms with Crippen LogP contribution in [0.2, 0.25) is 5.02 Å². The van der Waals surface area contributed by atoms with Gasteiger partial charge >= 0.3 is 0 Å². The molecule has 0 bridgehead atoms. The first-order valence-electron chi connectivity index (χ1n) is 13.1. The summed E-state index contributed by atoms with van der Waals surface area (Å²) in [6, 6.07) is 19.0. The van der Waals surface area contributed by atoms with Crippen LogP contribution in [0.15, 0.2) is 77.7 Å². The fourth-order valence-electron chi connectivity index (χ4n) is 4.13. The van der Waals surface area contributed by atoms with Crippen molar-refractivity contribution in [3.8, 4) is 5.75 Å². The van der Waals surface area contributed by atoms with Crippen molar-refractivity contribution in [2.45, 2.75) is 51.1 Å². The third kappa shape index (κ3) is 7.99. The third-order valence-corrected chi connectivity index (χ3v) is 8.49. The number of hydrogen-bond donors (Lipinski definition) is 1. The molecule has 3 aromatic carbocycles. The summed E-state index contributed by atoms with van der Waals surface area (Å²) in [5.74, 6) is -0.232. The van der Waals surface area contributed by atoms with Crippen molar-refractivity contribution in [2.24, 2.45) is 0 Å². The quantitative estimate of drug-likeness (QED) is 0.279. The lowest BCUT2D eigenvalue weighted by atomic mass is 10.1. The SMILES string of the molecule is CCCCNC(=O)[C@H](C)N(Cc1cccc(OC)c1)C(=O)CN(c1cccc(C)c1)S(=O)(=O)c1ccc(Cl)cc1. The van der Waals surface area contributed by atoms with Gasteiger partial charge in [-0.1, -0.05) is 49.2 Å². The van der Waals surface area contributed by atoms with Gasteiger partial charge in [0.15, 0.2) is 0 Å². The number of aryl methyl sites for hydroxylation is 1. The van der Waals surface area contributed by atoms with Gasteiger partial charge in [-0.05, 0) is 79.9 Å². The van der Waals surface area contributed by atoms with Crippen molar-refractivity contribution in [3.05, 3.63) is 88.9 Å². The predicted molar refractivity (Wildman–Crippen MR) is 158 cm³/mol. The molecule has 0 fully saturated rings. The van der Waals surface area contributed by atoms with Gasteiger partial charge < -0.3 is 15.0 Å². The van der Waals surface area contributed by atoms with E-state index in [0.717, 1.165) is 28.3 Å². The highest BCUT2D eigenvalue weighted by molar-refractivity contribution is 7.92. The number of amides is 2. The van der Waals surface area contributed by atoms with Crippen LogP contribution in [-0.2, 0) is 26.2 Å². The Morgan fingerprint density at radius 2 is 1.73 bits per heavy atom. The molecule has 0 spiro atoms. The van der Waals surface area contributed by atoms with E-state index in [1.54, 1.807) is 50.4 Å². The Kier molecular flexibility index (Phi) is 11.0. The van der Waals surface area contributed by atoms with Crippen molar-refractivity contribution < 1.29 is 22.7 Å². The van der Waals surface area contributed by atoms with E-state index in [4.69, 9.17) is 16.3 Å². The van der Waals surface area contributed by atoms with Gasteiger partial charge in [-0.3, -0.25) is 13.9 Å². The first-order chi connectivity index (χ1) is 19.1. The van der Waals surface area contributed by atoms with Crippen molar-refractivity contribution >= 4 is 39.1 Å². The number of unbranched alkanes of at least 4 members (excludes halogenated alkanes) is 1. The van der Waals surface area contributed by atoms with Crippen molar-refractivity contribution in [1.82, 2.24) is 10.2 Å². The summed E-state index contributed by atoms with van der Waals surface area (Å²) in [6.45, 7) is 5.57. The largest absolute Gasteiger partial charge is 0.497 e. The number of carbonyl (C=O) groups excluding carboxylic acids is 2. The lowest BCUT2D eigenvalue weighted by Crippen LogP contribution is -2.51. The zero-order valence-corrected chi connectivity index (χ0v) is 24.8. The van der Waals surface area contributed by atoms with Crippen molar-refractivity contribution in [2.75, 3.05) is 24.5 Å². The number of ether oxygens (including phenoxy) is 1. The van der Waals surface area contributed by atoms with Gasteiger partial charge in [0, 0.05) is 18.1 Å². The monoisotopic (exact) mass is 585 g/mol. The highest BCUT2D eigenvalue weighted by Crippen LogP contribution is 2.26. The molecule has 3 rings (SSSR count). The summed E-state index contributed by atoms with van der Waals surface area (Å²) in [5.41, 5.74) is 1.91. The van der Waals surface area contributed by atoms with E-state index in [2.05, 4.69) is 5.32 Å². The maximum Gasteiger partial charge on any atom is 0.264 e. The fraction of sp³-hybridized carbons (Fsp3) is 0.333. The number of halogens is 1. The zero-order valence-electron chi connectivity index (χ0n) is 23.3. The van der Waals surface area contributed by atoms with Gasteiger partial charge in [-0.25, -0.2) is 8.42 Å². The van der Waals surface area contributed by atoms with Crippen LogP contribution in [0, 0.1) is 6.92 Å². The first kappa shape index (κ1) is 31.0. The second kappa shape index (κ2) is 14.2. The molecular formula is C30H36ClN3O5S. The molecule has 1 N–H and O–H groups in total. The number of benzene rings is 3. The van der Waals surface area contributed by atoms with Crippen LogP contribution in [0.25, 0.3) is 0 Å². The molecule has 2 amide bonds. The molecule has 0 aliphatic carbocycles. The van der Waals surface area contributed by atoms with Crippen LogP contribution in [0.5, 0.6) is 5.75 Å². The highest BCUT2D eigenvalue weighted by atomic mass is 35.5. The molecular weight excluding hydrogens is 550 g/mol. The maximum atomic E-state index is 14.0. The van der Waals surface area contributed by atoms with Crippen LogP contribution in [-0.4, -0.2) is 51.4 Å². The number of nitrogens with one attached hydrogen (secondary N) is 1. The molecule has 0 unspecified atom stereocenters. The zero-order chi connectivity index (χ0) is 29.3. The summed E-state index contributed by atoms with van der Waals surface area (Å²) in [5, 5.41) is 3.27. The normalized spacial score (nSPS) is 11.9. The Balaban J connectivity index is 2.01. The lowest BCUT2D eigenvalue weighted by Gasteiger charge is -2.32. The van der Waals surface area contributed by atoms with E-state index >= 15 is 0 Å². The number of methoxy groups -OCH3 is 1. The van der Waals surface area contributed by atoms with E-state index in [9.17, 15) is 18.0 Å². The molecule has 8 nitrogen and oxygen atoms in total. The minimum absolute atomic E-state index is 0.00379. The minimum atomic E-state index is -4.16. The van der Waals surface area contributed by atoms with Gasteiger partial charge in [0.05, 0.1) is 17.7 Å². The van der Waals surface area contributed by atoms with E-state index in [-0.39, 0.29) is 17.3 Å². The number of anilines is 1.